The van der Waals surface area contributed by atoms with Crippen LogP contribution in [-0.2, 0) is 10.2 Å². The zero-order valence-electron chi connectivity index (χ0n) is 18.6. The van der Waals surface area contributed by atoms with Crippen molar-refractivity contribution in [3.05, 3.63) is 48.5 Å². The maximum absolute atomic E-state index is 12.4. The minimum Gasteiger partial charge on any atom is -0.383 e. The van der Waals surface area contributed by atoms with Crippen molar-refractivity contribution in [3.63, 3.8) is 0 Å². The first kappa shape index (κ1) is 21.0. The van der Waals surface area contributed by atoms with Crippen LogP contribution in [0.5, 0.6) is 0 Å². The van der Waals surface area contributed by atoms with Gasteiger partial charge >= 0.3 is 6.03 Å². The number of nitrogen functional groups attached to an aromatic ring is 1. The molecule has 1 aliphatic heterocycles. The summed E-state index contributed by atoms with van der Waals surface area (Å²) in [5.41, 5.74) is 10.1. The first-order valence-corrected chi connectivity index (χ1v) is 10.6. The topological polar surface area (TPSA) is 133 Å². The third-order valence-electron chi connectivity index (χ3n) is 5.62. The number of nitrogens with zero attached hydrogens (tertiary/aromatic N) is 4. The first-order chi connectivity index (χ1) is 15.8. The molecule has 0 saturated carbocycles. The summed E-state index contributed by atoms with van der Waals surface area (Å²) in [5.74, 6) is 0.717. The minimum absolute atomic E-state index is 0.168. The Bertz CT molecular complexity index is 1310. The Balaban J connectivity index is 1.34. The van der Waals surface area contributed by atoms with Crippen molar-refractivity contribution >= 4 is 34.5 Å². The SMILES string of the molecule is CC(C)(C)c1cc(NC(=O)Nc2ccc(-c3cn(C4COC4)c4ncnc(N)c34)cc2)on1. The van der Waals surface area contributed by atoms with Crippen LogP contribution in [0.3, 0.4) is 0 Å². The smallest absolute Gasteiger partial charge is 0.326 e. The van der Waals surface area contributed by atoms with Crippen LogP contribution in [0.1, 0.15) is 32.5 Å². The average Bonchev–Trinajstić information content (AvgIpc) is 3.34. The Morgan fingerprint density at radius 2 is 1.91 bits per heavy atom. The van der Waals surface area contributed by atoms with Gasteiger partial charge in [0.1, 0.15) is 17.8 Å². The molecule has 3 aromatic heterocycles. The monoisotopic (exact) mass is 447 g/mol. The van der Waals surface area contributed by atoms with Crippen molar-refractivity contribution in [2.75, 3.05) is 29.6 Å². The van der Waals surface area contributed by atoms with Crippen LogP contribution >= 0.6 is 0 Å². The molecule has 4 heterocycles. The number of benzene rings is 1. The fourth-order valence-corrected chi connectivity index (χ4v) is 3.68. The van der Waals surface area contributed by atoms with Gasteiger partial charge in [0.2, 0.25) is 5.88 Å². The van der Waals surface area contributed by atoms with E-state index in [1.807, 2.05) is 51.2 Å². The Kier molecular flexibility index (Phi) is 5.01. The van der Waals surface area contributed by atoms with Gasteiger partial charge in [0.15, 0.2) is 0 Å². The van der Waals surface area contributed by atoms with Crippen molar-refractivity contribution in [2.24, 2.45) is 0 Å². The molecule has 4 N–H and O–H groups in total. The fraction of sp³-hybridized carbons (Fsp3) is 0.304. The second kappa shape index (κ2) is 7.89. The summed E-state index contributed by atoms with van der Waals surface area (Å²) in [5, 5.41) is 10.3. The van der Waals surface area contributed by atoms with E-state index in [1.54, 1.807) is 6.07 Å². The second-order valence-electron chi connectivity index (χ2n) is 9.08. The largest absolute Gasteiger partial charge is 0.383 e. The molecule has 0 unspecified atom stereocenters. The summed E-state index contributed by atoms with van der Waals surface area (Å²) in [6, 6.07) is 9.03. The van der Waals surface area contributed by atoms with Crippen LogP contribution in [0.4, 0.5) is 22.2 Å². The number of hydrogen-bond acceptors (Lipinski definition) is 7. The molecule has 5 rings (SSSR count). The molecule has 1 fully saturated rings. The number of fused-ring (bicyclic) bond motifs is 1. The van der Waals surface area contributed by atoms with E-state index in [0.29, 0.717) is 24.7 Å². The van der Waals surface area contributed by atoms with Crippen molar-refractivity contribution in [2.45, 2.75) is 32.2 Å². The van der Waals surface area contributed by atoms with E-state index in [-0.39, 0.29) is 17.3 Å². The highest BCUT2D eigenvalue weighted by Gasteiger charge is 2.25. The van der Waals surface area contributed by atoms with Crippen LogP contribution in [0.2, 0.25) is 0 Å². The molecule has 0 bridgehead atoms. The summed E-state index contributed by atoms with van der Waals surface area (Å²) in [6.07, 6.45) is 3.51. The van der Waals surface area contributed by atoms with E-state index in [0.717, 1.165) is 27.9 Å². The van der Waals surface area contributed by atoms with E-state index < -0.39 is 6.03 Å². The van der Waals surface area contributed by atoms with Crippen LogP contribution in [0.15, 0.2) is 47.4 Å². The Morgan fingerprint density at radius 1 is 1.15 bits per heavy atom. The van der Waals surface area contributed by atoms with E-state index in [2.05, 4.69) is 30.3 Å². The zero-order valence-corrected chi connectivity index (χ0v) is 18.6. The average molecular weight is 447 g/mol. The molecule has 0 spiro atoms. The van der Waals surface area contributed by atoms with Crippen molar-refractivity contribution in [3.8, 4) is 11.1 Å². The fourth-order valence-electron chi connectivity index (χ4n) is 3.68. The van der Waals surface area contributed by atoms with Crippen LogP contribution in [0.25, 0.3) is 22.2 Å². The number of rotatable bonds is 4. The van der Waals surface area contributed by atoms with Gasteiger partial charge in [-0.05, 0) is 17.7 Å². The molecule has 4 aromatic rings. The van der Waals surface area contributed by atoms with E-state index in [4.69, 9.17) is 15.0 Å². The lowest BCUT2D eigenvalue weighted by atomic mass is 9.92. The lowest BCUT2D eigenvalue weighted by molar-refractivity contribution is -0.0215. The molecular formula is C23H25N7O3. The second-order valence-corrected chi connectivity index (χ2v) is 9.08. The van der Waals surface area contributed by atoms with Crippen LogP contribution < -0.4 is 16.4 Å². The number of urea groups is 1. The molecule has 0 atom stereocenters. The molecule has 0 aliphatic carbocycles. The van der Waals surface area contributed by atoms with Crippen molar-refractivity contribution in [1.82, 2.24) is 19.7 Å². The molecule has 170 valence electrons. The number of nitrogens with two attached hydrogens (primary N) is 1. The molecule has 33 heavy (non-hydrogen) atoms. The Labute approximate surface area is 190 Å². The highest BCUT2D eigenvalue weighted by atomic mass is 16.5. The van der Waals surface area contributed by atoms with Gasteiger partial charge in [0.25, 0.3) is 0 Å². The number of hydrogen-bond donors (Lipinski definition) is 3. The summed E-state index contributed by atoms with van der Waals surface area (Å²) < 4.78 is 12.6. The Hall–Kier alpha value is -3.92. The number of nitrogens with one attached hydrogen (secondary N) is 2. The molecule has 1 aliphatic rings. The maximum Gasteiger partial charge on any atom is 0.326 e. The first-order valence-electron chi connectivity index (χ1n) is 10.6. The number of aromatic nitrogens is 4. The number of carbonyl (C=O) groups excluding carboxylic acids is 1. The summed E-state index contributed by atoms with van der Waals surface area (Å²) >= 11 is 0. The van der Waals surface area contributed by atoms with Crippen LogP contribution in [0, 0.1) is 0 Å². The molecule has 10 nitrogen and oxygen atoms in total. The standard InChI is InChI=1S/C23H25N7O3/c1-23(2,3)17-8-18(33-29-17)28-22(31)27-14-6-4-13(5-7-14)16-9-30(15-10-32-11-15)21-19(16)20(24)25-12-26-21/h4-9,12,15H,10-11H2,1-3H3,(H2,24,25,26)(H2,27,28,31). The highest BCUT2D eigenvalue weighted by molar-refractivity contribution is 6.02. The minimum atomic E-state index is -0.418. The van der Waals surface area contributed by atoms with Gasteiger partial charge in [-0.3, -0.25) is 5.32 Å². The molecule has 1 saturated heterocycles. The van der Waals surface area contributed by atoms with Crippen molar-refractivity contribution in [1.29, 1.82) is 0 Å². The number of carbonyl (C=O) groups is 1. The molecule has 1 aromatic carbocycles. The number of ether oxygens (including phenoxy) is 1. The quantitative estimate of drug-likeness (QED) is 0.427. The van der Waals surface area contributed by atoms with E-state index in [1.165, 1.54) is 6.33 Å². The molecule has 2 amide bonds. The van der Waals surface area contributed by atoms with E-state index in [9.17, 15) is 4.79 Å². The highest BCUT2D eigenvalue weighted by Crippen LogP contribution is 2.36. The summed E-state index contributed by atoms with van der Waals surface area (Å²) in [6.45, 7) is 7.36. The lowest BCUT2D eigenvalue weighted by Gasteiger charge is -2.27. The number of anilines is 3. The lowest BCUT2D eigenvalue weighted by Crippen LogP contribution is -2.30. The predicted molar refractivity (Wildman–Crippen MR) is 125 cm³/mol. The van der Waals surface area contributed by atoms with Gasteiger partial charge in [0.05, 0.1) is 30.3 Å². The van der Waals surface area contributed by atoms with Gasteiger partial charge in [-0.1, -0.05) is 38.1 Å². The maximum atomic E-state index is 12.4. The number of amides is 2. The molecular weight excluding hydrogens is 422 g/mol. The Morgan fingerprint density at radius 3 is 2.55 bits per heavy atom. The van der Waals surface area contributed by atoms with Crippen LogP contribution in [-0.4, -0.2) is 38.9 Å². The van der Waals surface area contributed by atoms with Gasteiger partial charge in [-0.2, -0.15) is 0 Å². The third-order valence-corrected chi connectivity index (χ3v) is 5.62. The molecule has 10 heteroatoms. The van der Waals surface area contributed by atoms with Gasteiger partial charge in [-0.15, -0.1) is 0 Å². The van der Waals surface area contributed by atoms with Gasteiger partial charge < -0.3 is 24.9 Å². The normalized spacial score (nSPS) is 14.3. The van der Waals surface area contributed by atoms with Crippen molar-refractivity contribution < 1.29 is 14.1 Å². The zero-order chi connectivity index (χ0) is 23.2. The van der Waals surface area contributed by atoms with E-state index >= 15 is 0 Å². The predicted octanol–water partition coefficient (Wildman–Crippen LogP) is 4.18. The van der Waals surface area contributed by atoms with Gasteiger partial charge in [-0.25, -0.2) is 14.8 Å². The molecule has 0 radical (unpaired) electrons. The van der Waals surface area contributed by atoms with Gasteiger partial charge in [0, 0.05) is 28.9 Å². The third kappa shape index (κ3) is 4.00. The summed E-state index contributed by atoms with van der Waals surface area (Å²) in [7, 11) is 0. The summed E-state index contributed by atoms with van der Waals surface area (Å²) in [4.78, 5) is 21.0.